The maximum Gasteiger partial charge on any atom is 0.270 e. The van der Waals surface area contributed by atoms with Crippen LogP contribution in [0.4, 0.5) is 0 Å². The molecule has 1 aromatic carbocycles. The van der Waals surface area contributed by atoms with E-state index in [0.29, 0.717) is 10.6 Å². The first-order valence-corrected chi connectivity index (χ1v) is 8.62. The highest BCUT2D eigenvalue weighted by atomic mass is 32.1. The van der Waals surface area contributed by atoms with E-state index in [9.17, 15) is 9.59 Å². The maximum atomic E-state index is 12.4. The predicted molar refractivity (Wildman–Crippen MR) is 98.0 cm³/mol. The van der Waals surface area contributed by atoms with Gasteiger partial charge in [0.15, 0.2) is 0 Å². The van der Waals surface area contributed by atoms with E-state index < -0.39 is 5.91 Å². The van der Waals surface area contributed by atoms with Gasteiger partial charge in [-0.3, -0.25) is 19.7 Å². The van der Waals surface area contributed by atoms with Crippen LogP contribution in [0, 0.1) is 13.8 Å². The summed E-state index contributed by atoms with van der Waals surface area (Å²) in [6.45, 7) is 3.83. The van der Waals surface area contributed by atoms with E-state index in [1.165, 1.54) is 11.3 Å². The summed E-state index contributed by atoms with van der Waals surface area (Å²) in [5, 5.41) is 2.57. The Labute approximate surface area is 149 Å². The molecule has 0 saturated heterocycles. The smallest absolute Gasteiger partial charge is 0.270 e. The van der Waals surface area contributed by atoms with E-state index in [0.717, 1.165) is 22.6 Å². The highest BCUT2D eigenvalue weighted by molar-refractivity contribution is 7.10. The molecule has 2 amide bonds. The zero-order valence-corrected chi connectivity index (χ0v) is 14.8. The fourth-order valence-corrected chi connectivity index (χ4v) is 3.42. The summed E-state index contributed by atoms with van der Waals surface area (Å²) in [4.78, 5) is 27.9. The third-order valence-electron chi connectivity index (χ3n) is 3.83. The molecular formula is C18H18N4O2S. The quantitative estimate of drug-likeness (QED) is 0.738. The molecule has 0 saturated carbocycles. The Morgan fingerprint density at radius 2 is 1.96 bits per heavy atom. The van der Waals surface area contributed by atoms with Crippen LogP contribution in [0.15, 0.2) is 41.8 Å². The second kappa shape index (κ2) is 6.90. The van der Waals surface area contributed by atoms with Gasteiger partial charge >= 0.3 is 0 Å². The van der Waals surface area contributed by atoms with Gasteiger partial charge in [0, 0.05) is 27.9 Å². The van der Waals surface area contributed by atoms with Crippen molar-refractivity contribution >= 4 is 23.2 Å². The van der Waals surface area contributed by atoms with Gasteiger partial charge in [-0.05, 0) is 32.0 Å². The number of hydrogen-bond acceptors (Lipinski definition) is 4. The summed E-state index contributed by atoms with van der Waals surface area (Å²) in [5.74, 6) is -0.580. The molecule has 0 fully saturated rings. The summed E-state index contributed by atoms with van der Waals surface area (Å²) >= 11 is 1.40. The van der Waals surface area contributed by atoms with Crippen molar-refractivity contribution in [2.45, 2.75) is 20.3 Å². The molecule has 2 heterocycles. The lowest BCUT2D eigenvalue weighted by atomic mass is 10.2. The number of thiazole rings is 1. The number of rotatable bonds is 5. The van der Waals surface area contributed by atoms with Crippen molar-refractivity contribution < 1.29 is 9.59 Å². The lowest BCUT2D eigenvalue weighted by Crippen LogP contribution is -2.24. The monoisotopic (exact) mass is 354 g/mol. The molecule has 0 bridgehead atoms. The lowest BCUT2D eigenvalue weighted by molar-refractivity contribution is -0.117. The van der Waals surface area contributed by atoms with E-state index in [-0.39, 0.29) is 12.3 Å². The molecule has 25 heavy (non-hydrogen) atoms. The molecular weight excluding hydrogens is 336 g/mol. The molecule has 128 valence electrons. The highest BCUT2D eigenvalue weighted by Gasteiger charge is 2.16. The van der Waals surface area contributed by atoms with Crippen molar-refractivity contribution in [2.24, 2.45) is 5.73 Å². The summed E-state index contributed by atoms with van der Waals surface area (Å²) in [6.07, 6.45) is 0.133. The van der Waals surface area contributed by atoms with Crippen LogP contribution < -0.4 is 11.2 Å². The minimum atomic E-state index is -0.401. The van der Waals surface area contributed by atoms with Crippen LogP contribution >= 0.6 is 11.3 Å². The lowest BCUT2D eigenvalue weighted by Gasteiger charge is -2.11. The molecule has 2 aromatic heterocycles. The molecule has 0 aliphatic heterocycles. The van der Waals surface area contributed by atoms with E-state index >= 15 is 0 Å². The number of carbonyl (C=O) groups is 2. The van der Waals surface area contributed by atoms with E-state index in [1.54, 1.807) is 16.8 Å². The Morgan fingerprint density at radius 3 is 2.64 bits per heavy atom. The van der Waals surface area contributed by atoms with Crippen molar-refractivity contribution in [1.29, 1.82) is 0 Å². The van der Waals surface area contributed by atoms with Crippen molar-refractivity contribution in [2.75, 3.05) is 5.43 Å². The van der Waals surface area contributed by atoms with Crippen molar-refractivity contribution in [3.63, 3.8) is 0 Å². The summed E-state index contributed by atoms with van der Waals surface area (Å²) in [6, 6.07) is 11.0. The number of nitrogens with one attached hydrogen (secondary N) is 1. The third-order valence-corrected chi connectivity index (χ3v) is 4.68. The number of aryl methyl sites for hydroxylation is 1. The predicted octanol–water partition coefficient (Wildman–Crippen LogP) is 2.64. The zero-order valence-electron chi connectivity index (χ0n) is 13.9. The van der Waals surface area contributed by atoms with E-state index in [4.69, 9.17) is 5.73 Å². The maximum absolute atomic E-state index is 12.4. The summed E-state index contributed by atoms with van der Waals surface area (Å²) in [5.41, 5.74) is 12.2. The van der Waals surface area contributed by atoms with Gasteiger partial charge in [-0.15, -0.1) is 11.3 Å². The second-order valence-electron chi connectivity index (χ2n) is 5.70. The van der Waals surface area contributed by atoms with Crippen molar-refractivity contribution in [1.82, 2.24) is 9.66 Å². The second-order valence-corrected chi connectivity index (χ2v) is 6.64. The molecule has 0 aliphatic carbocycles. The van der Waals surface area contributed by atoms with Gasteiger partial charge < -0.3 is 5.73 Å². The van der Waals surface area contributed by atoms with Gasteiger partial charge in [0.25, 0.3) is 5.91 Å². The molecule has 0 unspecified atom stereocenters. The fraction of sp³-hybridized carbons (Fsp3) is 0.167. The minimum Gasteiger partial charge on any atom is -0.369 e. The Balaban J connectivity index is 1.87. The number of primary amides is 1. The van der Waals surface area contributed by atoms with Gasteiger partial charge in [-0.25, -0.2) is 4.98 Å². The highest BCUT2D eigenvalue weighted by Crippen LogP contribution is 2.27. The standard InChI is InChI=1S/C18H18N4O2S/c1-11-8-14(15-10-25-17(20-15)9-16(19)23)12(2)22(11)21-18(24)13-6-4-3-5-7-13/h3-8,10H,9H2,1-2H3,(H2,19,23)(H,21,24). The number of carbonyl (C=O) groups excluding carboxylic acids is 2. The molecule has 3 aromatic rings. The molecule has 7 heteroatoms. The molecule has 3 N–H and O–H groups in total. The Kier molecular flexibility index (Phi) is 4.67. The largest absolute Gasteiger partial charge is 0.369 e. The summed E-state index contributed by atoms with van der Waals surface area (Å²) in [7, 11) is 0. The van der Waals surface area contributed by atoms with Crippen LogP contribution in [0.3, 0.4) is 0 Å². The molecule has 3 rings (SSSR count). The number of amides is 2. The van der Waals surface area contributed by atoms with E-state index in [2.05, 4.69) is 10.4 Å². The third kappa shape index (κ3) is 3.61. The molecule has 0 spiro atoms. The van der Waals surface area contributed by atoms with Gasteiger partial charge in [-0.1, -0.05) is 18.2 Å². The average Bonchev–Trinajstić information content (AvgIpc) is 3.14. The number of hydrogen-bond donors (Lipinski definition) is 2. The van der Waals surface area contributed by atoms with E-state index in [1.807, 2.05) is 43.5 Å². The Bertz CT molecular complexity index is 928. The first-order valence-electron chi connectivity index (χ1n) is 7.74. The zero-order chi connectivity index (χ0) is 18.0. The van der Waals surface area contributed by atoms with Crippen LogP contribution in [0.25, 0.3) is 11.3 Å². The van der Waals surface area contributed by atoms with Gasteiger partial charge in [-0.2, -0.15) is 0 Å². The number of benzene rings is 1. The van der Waals surface area contributed by atoms with Crippen LogP contribution in [-0.2, 0) is 11.2 Å². The number of nitrogens with zero attached hydrogens (tertiary/aromatic N) is 2. The Morgan fingerprint density at radius 1 is 1.24 bits per heavy atom. The van der Waals surface area contributed by atoms with Crippen LogP contribution in [-0.4, -0.2) is 21.5 Å². The van der Waals surface area contributed by atoms with Gasteiger partial charge in [0.05, 0.1) is 12.1 Å². The van der Waals surface area contributed by atoms with Crippen LogP contribution in [0.1, 0.15) is 26.8 Å². The van der Waals surface area contributed by atoms with Crippen LogP contribution in [0.2, 0.25) is 0 Å². The molecule has 0 aliphatic rings. The first-order chi connectivity index (χ1) is 12.0. The number of aromatic nitrogens is 2. The van der Waals surface area contributed by atoms with Crippen LogP contribution in [0.5, 0.6) is 0 Å². The topological polar surface area (TPSA) is 90.0 Å². The van der Waals surface area contributed by atoms with Gasteiger partial charge in [0.1, 0.15) is 5.01 Å². The molecule has 0 radical (unpaired) electrons. The normalized spacial score (nSPS) is 10.6. The first kappa shape index (κ1) is 16.9. The van der Waals surface area contributed by atoms with Crippen molar-refractivity contribution in [3.05, 3.63) is 63.7 Å². The summed E-state index contributed by atoms with van der Waals surface area (Å²) < 4.78 is 1.75. The minimum absolute atomic E-state index is 0.133. The SMILES string of the molecule is Cc1cc(-c2csc(CC(N)=O)n2)c(C)n1NC(=O)c1ccccc1. The molecule has 0 atom stereocenters. The van der Waals surface area contributed by atoms with Gasteiger partial charge in [0.2, 0.25) is 5.91 Å². The fourth-order valence-electron chi connectivity index (χ4n) is 2.61. The average molecular weight is 354 g/mol. The Hall–Kier alpha value is -2.93. The van der Waals surface area contributed by atoms with Crippen molar-refractivity contribution in [3.8, 4) is 11.3 Å². The molecule has 6 nitrogen and oxygen atoms in total. The number of nitrogens with two attached hydrogens (primary N) is 1.